The highest BCUT2D eigenvalue weighted by Crippen LogP contribution is 2.27. The molecule has 0 aliphatic rings. The van der Waals surface area contributed by atoms with E-state index in [0.29, 0.717) is 0 Å². The maximum absolute atomic E-state index is 5.84. The van der Waals surface area contributed by atoms with Crippen LogP contribution in [0.15, 0.2) is 12.1 Å². The van der Waals surface area contributed by atoms with E-state index in [1.54, 1.807) is 0 Å². The van der Waals surface area contributed by atoms with Crippen molar-refractivity contribution in [2.75, 3.05) is 0 Å². The number of hydrogen-bond donors (Lipinski definition) is 1. The van der Waals surface area contributed by atoms with E-state index in [2.05, 4.69) is 53.7 Å². The van der Waals surface area contributed by atoms with E-state index in [4.69, 9.17) is 5.73 Å². The Morgan fingerprint density at radius 2 is 1.59 bits per heavy atom. The highest BCUT2D eigenvalue weighted by Gasteiger charge is 2.16. The topological polar surface area (TPSA) is 26.0 Å². The predicted octanol–water partition coefficient (Wildman–Crippen LogP) is 3.88. The summed E-state index contributed by atoms with van der Waals surface area (Å²) in [6.07, 6.45) is 2.16. The summed E-state index contributed by atoms with van der Waals surface area (Å²) in [5, 5.41) is 0. The van der Waals surface area contributed by atoms with Gasteiger partial charge in [-0.1, -0.05) is 32.9 Å². The van der Waals surface area contributed by atoms with E-state index in [1.165, 1.54) is 22.3 Å². The molecule has 0 amide bonds. The van der Waals surface area contributed by atoms with Crippen LogP contribution < -0.4 is 5.73 Å². The summed E-state index contributed by atoms with van der Waals surface area (Å²) < 4.78 is 0. The summed E-state index contributed by atoms with van der Waals surface area (Å²) >= 11 is 0. The molecule has 1 rings (SSSR count). The summed E-state index contributed by atoms with van der Waals surface area (Å²) in [6.45, 7) is 13.3. The molecular formula is C16H27N. The lowest BCUT2D eigenvalue weighted by molar-refractivity contribution is 0.588. The van der Waals surface area contributed by atoms with Crippen LogP contribution in [0.2, 0.25) is 0 Å². The van der Waals surface area contributed by atoms with Crippen LogP contribution in [0.5, 0.6) is 0 Å². The Kier molecular flexibility index (Phi) is 4.37. The number of benzene rings is 1. The summed E-state index contributed by atoms with van der Waals surface area (Å²) in [6, 6.07) is 4.96. The standard InChI is InChI=1S/C16H27N/c1-11-9-14(16(4,5)6)10-12(2)15(11)8-7-13(3)17/h9-10,13H,7-8,17H2,1-6H3. The molecule has 0 bridgehead atoms. The highest BCUT2D eigenvalue weighted by molar-refractivity contribution is 5.40. The first-order valence-electron chi connectivity index (χ1n) is 6.58. The van der Waals surface area contributed by atoms with Crippen LogP contribution >= 0.6 is 0 Å². The maximum atomic E-state index is 5.84. The Hall–Kier alpha value is -0.820. The second-order valence-electron chi connectivity index (χ2n) is 6.35. The summed E-state index contributed by atoms with van der Waals surface area (Å²) in [4.78, 5) is 0. The zero-order valence-corrected chi connectivity index (χ0v) is 12.2. The van der Waals surface area contributed by atoms with Crippen molar-refractivity contribution in [1.29, 1.82) is 0 Å². The van der Waals surface area contributed by atoms with Crippen molar-refractivity contribution in [3.63, 3.8) is 0 Å². The Bertz CT molecular complexity index is 360. The molecule has 1 heteroatoms. The largest absolute Gasteiger partial charge is 0.328 e. The number of hydrogen-bond acceptors (Lipinski definition) is 1. The summed E-state index contributed by atoms with van der Waals surface area (Å²) in [5.41, 5.74) is 11.8. The molecule has 96 valence electrons. The van der Waals surface area contributed by atoms with Crippen molar-refractivity contribution in [3.05, 3.63) is 34.4 Å². The van der Waals surface area contributed by atoms with E-state index in [0.717, 1.165) is 12.8 Å². The smallest absolute Gasteiger partial charge is 0.00136 e. The van der Waals surface area contributed by atoms with Crippen LogP contribution in [0.25, 0.3) is 0 Å². The fourth-order valence-electron chi connectivity index (χ4n) is 2.19. The van der Waals surface area contributed by atoms with E-state index in [1.807, 2.05) is 0 Å². The molecule has 1 nitrogen and oxygen atoms in total. The minimum absolute atomic E-state index is 0.231. The third-order valence-corrected chi connectivity index (χ3v) is 3.41. The first kappa shape index (κ1) is 14.2. The van der Waals surface area contributed by atoms with Crippen molar-refractivity contribution in [1.82, 2.24) is 0 Å². The van der Waals surface area contributed by atoms with Crippen LogP contribution in [0.3, 0.4) is 0 Å². The fraction of sp³-hybridized carbons (Fsp3) is 0.625. The monoisotopic (exact) mass is 233 g/mol. The molecule has 0 aromatic heterocycles. The summed E-state index contributed by atoms with van der Waals surface area (Å²) in [5.74, 6) is 0. The molecule has 1 atom stereocenters. The van der Waals surface area contributed by atoms with E-state index in [-0.39, 0.29) is 11.5 Å². The molecule has 0 heterocycles. The SMILES string of the molecule is Cc1cc(C(C)(C)C)cc(C)c1CCC(C)N. The molecule has 0 saturated heterocycles. The van der Waals surface area contributed by atoms with Crippen molar-refractivity contribution in [3.8, 4) is 0 Å². The lowest BCUT2D eigenvalue weighted by atomic mass is 9.83. The van der Waals surface area contributed by atoms with E-state index in [9.17, 15) is 0 Å². The minimum atomic E-state index is 0.231. The minimum Gasteiger partial charge on any atom is -0.328 e. The lowest BCUT2D eigenvalue weighted by Gasteiger charge is -2.22. The number of nitrogens with two attached hydrogens (primary N) is 1. The maximum Gasteiger partial charge on any atom is 0.00136 e. The molecule has 0 spiro atoms. The van der Waals surface area contributed by atoms with Crippen molar-refractivity contribution in [2.24, 2.45) is 5.73 Å². The average Bonchev–Trinajstić information content (AvgIpc) is 2.14. The van der Waals surface area contributed by atoms with E-state index >= 15 is 0 Å². The quantitative estimate of drug-likeness (QED) is 0.842. The molecule has 2 N–H and O–H groups in total. The average molecular weight is 233 g/mol. The van der Waals surface area contributed by atoms with Gasteiger partial charge in [-0.2, -0.15) is 0 Å². The third-order valence-electron chi connectivity index (χ3n) is 3.41. The molecule has 1 aromatic rings. The van der Waals surface area contributed by atoms with Gasteiger partial charge in [0.1, 0.15) is 0 Å². The molecule has 0 radical (unpaired) electrons. The highest BCUT2D eigenvalue weighted by atomic mass is 14.6. The molecule has 17 heavy (non-hydrogen) atoms. The van der Waals surface area contributed by atoms with Gasteiger partial charge in [-0.05, 0) is 61.3 Å². The van der Waals surface area contributed by atoms with Gasteiger partial charge < -0.3 is 5.73 Å². The summed E-state index contributed by atoms with van der Waals surface area (Å²) in [7, 11) is 0. The van der Waals surface area contributed by atoms with Gasteiger partial charge in [0.05, 0.1) is 0 Å². The van der Waals surface area contributed by atoms with Crippen molar-refractivity contribution in [2.45, 2.75) is 65.8 Å². The Balaban J connectivity index is 3.03. The van der Waals surface area contributed by atoms with Crippen LogP contribution in [-0.2, 0) is 11.8 Å². The zero-order chi connectivity index (χ0) is 13.2. The zero-order valence-electron chi connectivity index (χ0n) is 12.2. The van der Waals surface area contributed by atoms with Gasteiger partial charge in [0.2, 0.25) is 0 Å². The Labute approximate surface area is 106 Å². The molecule has 0 aliphatic carbocycles. The molecule has 1 unspecified atom stereocenters. The molecule has 0 saturated carbocycles. The van der Waals surface area contributed by atoms with Gasteiger partial charge >= 0.3 is 0 Å². The van der Waals surface area contributed by atoms with Gasteiger partial charge in [-0.15, -0.1) is 0 Å². The second kappa shape index (κ2) is 5.22. The first-order valence-corrected chi connectivity index (χ1v) is 6.58. The normalized spacial score (nSPS) is 13.8. The molecule has 1 aromatic carbocycles. The van der Waals surface area contributed by atoms with Crippen molar-refractivity contribution < 1.29 is 0 Å². The second-order valence-corrected chi connectivity index (χ2v) is 6.35. The fourth-order valence-corrected chi connectivity index (χ4v) is 2.19. The predicted molar refractivity (Wildman–Crippen MR) is 76.6 cm³/mol. The lowest BCUT2D eigenvalue weighted by Crippen LogP contribution is -2.17. The number of rotatable bonds is 3. The number of aryl methyl sites for hydroxylation is 2. The molecule has 0 aliphatic heterocycles. The Morgan fingerprint density at radius 1 is 1.12 bits per heavy atom. The van der Waals surface area contributed by atoms with Gasteiger partial charge in [0.15, 0.2) is 0 Å². The Morgan fingerprint density at radius 3 is 1.94 bits per heavy atom. The van der Waals surface area contributed by atoms with Crippen LogP contribution in [0.1, 0.15) is 56.4 Å². The van der Waals surface area contributed by atoms with Crippen LogP contribution in [0.4, 0.5) is 0 Å². The van der Waals surface area contributed by atoms with Gasteiger partial charge in [0, 0.05) is 6.04 Å². The van der Waals surface area contributed by atoms with E-state index < -0.39 is 0 Å². The van der Waals surface area contributed by atoms with Crippen LogP contribution in [0, 0.1) is 13.8 Å². The van der Waals surface area contributed by atoms with Crippen LogP contribution in [-0.4, -0.2) is 6.04 Å². The third kappa shape index (κ3) is 3.85. The molecule has 0 fully saturated rings. The van der Waals surface area contributed by atoms with Gasteiger partial charge in [0.25, 0.3) is 0 Å². The van der Waals surface area contributed by atoms with Crippen molar-refractivity contribution >= 4 is 0 Å². The molecular weight excluding hydrogens is 206 g/mol. The van der Waals surface area contributed by atoms with Gasteiger partial charge in [-0.25, -0.2) is 0 Å². The first-order chi connectivity index (χ1) is 7.71. The van der Waals surface area contributed by atoms with Gasteiger partial charge in [-0.3, -0.25) is 0 Å².